The van der Waals surface area contributed by atoms with Gasteiger partial charge in [0.25, 0.3) is 5.69 Å². The fourth-order valence-corrected chi connectivity index (χ4v) is 3.44. The van der Waals surface area contributed by atoms with Gasteiger partial charge in [-0.2, -0.15) is 0 Å². The second kappa shape index (κ2) is 6.12. The zero-order chi connectivity index (χ0) is 14.6. The van der Waals surface area contributed by atoms with Gasteiger partial charge in [0, 0.05) is 12.1 Å². The number of hydrogen-bond donors (Lipinski definition) is 1. The second-order valence-corrected chi connectivity index (χ2v) is 6.56. The van der Waals surface area contributed by atoms with E-state index in [1.54, 1.807) is 0 Å². The molecular weight excluding hydrogens is 268 g/mol. The largest absolute Gasteiger partial charge is 0.327 e. The summed E-state index contributed by atoms with van der Waals surface area (Å²) in [5, 5.41) is 10.9. The molecule has 2 unspecified atom stereocenters. The first-order valence-electron chi connectivity index (χ1n) is 6.01. The van der Waals surface area contributed by atoms with E-state index in [0.29, 0.717) is 0 Å². The number of nitrogens with zero attached hydrogens (tertiary/aromatic N) is 1. The lowest BCUT2D eigenvalue weighted by Crippen LogP contribution is -2.35. The van der Waals surface area contributed by atoms with Crippen LogP contribution in [0, 0.1) is 16.0 Å². The number of rotatable bonds is 6. The van der Waals surface area contributed by atoms with Gasteiger partial charge in [0.15, 0.2) is 9.84 Å². The lowest BCUT2D eigenvalue weighted by Gasteiger charge is -2.18. The van der Waals surface area contributed by atoms with Crippen molar-refractivity contribution in [1.82, 2.24) is 0 Å². The number of nitro groups is 1. The molecule has 0 radical (unpaired) electrons. The van der Waals surface area contributed by atoms with Crippen LogP contribution in [0.5, 0.6) is 0 Å². The standard InChI is InChI=1S/C12H18N2O4S/c1-3-9(2)10(13)8-19(17,18)12-7-5-4-6-11(12)14(15)16/h4-7,9-10H,3,8,13H2,1-2H3. The van der Waals surface area contributed by atoms with Crippen molar-refractivity contribution in [2.45, 2.75) is 31.2 Å². The van der Waals surface area contributed by atoms with Crippen LogP contribution in [0.4, 0.5) is 5.69 Å². The fourth-order valence-electron chi connectivity index (χ4n) is 1.68. The van der Waals surface area contributed by atoms with Gasteiger partial charge in [-0.05, 0) is 12.0 Å². The molecule has 0 saturated carbocycles. The molecule has 0 fully saturated rings. The SMILES string of the molecule is CCC(C)C(N)CS(=O)(=O)c1ccccc1[N+](=O)[O-]. The first-order valence-corrected chi connectivity index (χ1v) is 7.66. The predicted molar refractivity (Wildman–Crippen MR) is 72.6 cm³/mol. The Balaban J connectivity index is 3.11. The fraction of sp³-hybridized carbons (Fsp3) is 0.500. The first-order chi connectivity index (χ1) is 8.79. The van der Waals surface area contributed by atoms with E-state index in [1.165, 1.54) is 24.3 Å². The summed E-state index contributed by atoms with van der Waals surface area (Å²) in [6.07, 6.45) is 0.758. The van der Waals surface area contributed by atoms with Crippen LogP contribution < -0.4 is 5.73 Å². The number of nitro benzene ring substituents is 1. The number of hydrogen-bond acceptors (Lipinski definition) is 5. The summed E-state index contributed by atoms with van der Waals surface area (Å²) in [6.45, 7) is 3.78. The number of para-hydroxylation sites is 1. The summed E-state index contributed by atoms with van der Waals surface area (Å²) >= 11 is 0. The minimum atomic E-state index is -3.76. The average molecular weight is 286 g/mol. The van der Waals surface area contributed by atoms with Crippen LogP contribution in [-0.4, -0.2) is 25.1 Å². The predicted octanol–water partition coefficient (Wildman–Crippen LogP) is 1.74. The van der Waals surface area contributed by atoms with Crippen LogP contribution >= 0.6 is 0 Å². The number of benzene rings is 1. The van der Waals surface area contributed by atoms with Crippen molar-refractivity contribution < 1.29 is 13.3 Å². The van der Waals surface area contributed by atoms with Gasteiger partial charge >= 0.3 is 0 Å². The highest BCUT2D eigenvalue weighted by atomic mass is 32.2. The lowest BCUT2D eigenvalue weighted by molar-refractivity contribution is -0.387. The van der Waals surface area contributed by atoms with E-state index < -0.39 is 26.5 Å². The van der Waals surface area contributed by atoms with Crippen LogP contribution in [-0.2, 0) is 9.84 Å². The molecule has 1 aromatic carbocycles. The van der Waals surface area contributed by atoms with Crippen molar-refractivity contribution in [2.75, 3.05) is 5.75 Å². The van der Waals surface area contributed by atoms with Crippen molar-refractivity contribution in [1.29, 1.82) is 0 Å². The Hall–Kier alpha value is -1.47. The topological polar surface area (TPSA) is 103 Å². The molecule has 0 heterocycles. The normalized spacial score (nSPS) is 14.9. The molecule has 0 aliphatic rings. The summed E-state index contributed by atoms with van der Waals surface area (Å²) in [7, 11) is -3.76. The zero-order valence-electron chi connectivity index (χ0n) is 10.9. The molecule has 0 amide bonds. The molecule has 0 aliphatic carbocycles. The Labute approximate surface area is 112 Å². The van der Waals surface area contributed by atoms with Crippen molar-refractivity contribution in [3.8, 4) is 0 Å². The molecule has 1 aromatic rings. The van der Waals surface area contributed by atoms with Crippen molar-refractivity contribution in [2.24, 2.45) is 11.7 Å². The van der Waals surface area contributed by atoms with E-state index in [-0.39, 0.29) is 16.6 Å². The molecule has 2 atom stereocenters. The molecule has 0 spiro atoms. The smallest absolute Gasteiger partial charge is 0.287 e. The second-order valence-electron chi connectivity index (χ2n) is 4.56. The zero-order valence-corrected chi connectivity index (χ0v) is 11.8. The number of sulfone groups is 1. The highest BCUT2D eigenvalue weighted by molar-refractivity contribution is 7.91. The van der Waals surface area contributed by atoms with Crippen LogP contribution in [0.2, 0.25) is 0 Å². The molecule has 0 aromatic heterocycles. The molecule has 7 heteroatoms. The summed E-state index contributed by atoms with van der Waals surface area (Å²) in [5.41, 5.74) is 5.42. The van der Waals surface area contributed by atoms with E-state index in [1.807, 2.05) is 13.8 Å². The highest BCUT2D eigenvalue weighted by Crippen LogP contribution is 2.25. The van der Waals surface area contributed by atoms with Gasteiger partial charge in [-0.25, -0.2) is 8.42 Å². The molecule has 1 rings (SSSR count). The summed E-state index contributed by atoms with van der Waals surface area (Å²) in [4.78, 5) is 9.90. The molecule has 0 aliphatic heterocycles. The third-order valence-electron chi connectivity index (χ3n) is 3.18. The first kappa shape index (κ1) is 15.6. The van der Waals surface area contributed by atoms with Crippen molar-refractivity contribution >= 4 is 15.5 Å². The molecule has 0 saturated heterocycles. The van der Waals surface area contributed by atoms with Gasteiger partial charge in [-0.3, -0.25) is 10.1 Å². The molecule has 19 heavy (non-hydrogen) atoms. The summed E-state index contributed by atoms with van der Waals surface area (Å²) in [6, 6.07) is 4.80. The van der Waals surface area contributed by atoms with Crippen molar-refractivity contribution in [3.63, 3.8) is 0 Å². The van der Waals surface area contributed by atoms with Gasteiger partial charge < -0.3 is 5.73 Å². The maximum atomic E-state index is 12.2. The van der Waals surface area contributed by atoms with Gasteiger partial charge in [0.1, 0.15) is 4.90 Å². The highest BCUT2D eigenvalue weighted by Gasteiger charge is 2.28. The lowest BCUT2D eigenvalue weighted by atomic mass is 10.0. The van der Waals surface area contributed by atoms with E-state index >= 15 is 0 Å². The van der Waals surface area contributed by atoms with Gasteiger partial charge in [0.2, 0.25) is 0 Å². The van der Waals surface area contributed by atoms with Gasteiger partial charge in [-0.15, -0.1) is 0 Å². The van der Waals surface area contributed by atoms with Crippen molar-refractivity contribution in [3.05, 3.63) is 34.4 Å². The Morgan fingerprint density at radius 2 is 1.95 bits per heavy atom. The molecule has 6 nitrogen and oxygen atoms in total. The van der Waals surface area contributed by atoms with E-state index in [0.717, 1.165) is 6.42 Å². The Morgan fingerprint density at radius 1 is 1.37 bits per heavy atom. The molecular formula is C12H18N2O4S. The molecule has 106 valence electrons. The Kier molecular flexibility index (Phi) is 5.02. The maximum absolute atomic E-state index is 12.2. The maximum Gasteiger partial charge on any atom is 0.287 e. The minimum absolute atomic E-state index is 0.0394. The van der Waals surface area contributed by atoms with Crippen LogP contribution in [0.15, 0.2) is 29.2 Å². The quantitative estimate of drug-likeness (QED) is 0.633. The summed E-state index contributed by atoms with van der Waals surface area (Å²) in [5.74, 6) is -0.245. The number of nitrogens with two attached hydrogens (primary N) is 1. The average Bonchev–Trinajstić information content (AvgIpc) is 2.37. The van der Waals surface area contributed by atoms with Crippen LogP contribution in [0.1, 0.15) is 20.3 Å². The summed E-state index contributed by atoms with van der Waals surface area (Å²) < 4.78 is 24.4. The monoisotopic (exact) mass is 286 g/mol. The third-order valence-corrected chi connectivity index (χ3v) is 5.02. The van der Waals surface area contributed by atoms with Crippen LogP contribution in [0.3, 0.4) is 0 Å². The van der Waals surface area contributed by atoms with Gasteiger partial charge in [0.05, 0.1) is 10.7 Å². The third kappa shape index (κ3) is 3.74. The molecule has 0 bridgehead atoms. The minimum Gasteiger partial charge on any atom is -0.327 e. The van der Waals surface area contributed by atoms with Crippen LogP contribution in [0.25, 0.3) is 0 Å². The molecule has 2 N–H and O–H groups in total. The van der Waals surface area contributed by atoms with E-state index in [2.05, 4.69) is 0 Å². The van der Waals surface area contributed by atoms with Gasteiger partial charge in [-0.1, -0.05) is 32.4 Å². The Bertz CT molecular complexity index is 557. The Morgan fingerprint density at radius 3 is 2.47 bits per heavy atom. The van der Waals surface area contributed by atoms with E-state index in [4.69, 9.17) is 5.73 Å². The van der Waals surface area contributed by atoms with E-state index in [9.17, 15) is 18.5 Å².